The molecule has 0 fully saturated rings. The molecule has 102 valence electrons. The predicted octanol–water partition coefficient (Wildman–Crippen LogP) is 0.550. The number of aromatic nitrogens is 4. The third-order valence-corrected chi connectivity index (χ3v) is 2.34. The first-order valence-corrected chi connectivity index (χ1v) is 5.50. The van der Waals surface area contributed by atoms with Crippen LogP contribution in [0.1, 0.15) is 5.82 Å². The average Bonchev–Trinajstić information content (AvgIpc) is 2.76. The molecule has 0 aliphatic carbocycles. The second kappa shape index (κ2) is 6.81. The van der Waals surface area contributed by atoms with Crippen molar-refractivity contribution in [1.82, 2.24) is 25.5 Å². The van der Waals surface area contributed by atoms with E-state index in [4.69, 9.17) is 0 Å². The number of tetrazole rings is 1. The van der Waals surface area contributed by atoms with Gasteiger partial charge in [0, 0.05) is 5.69 Å². The van der Waals surface area contributed by atoms with Crippen molar-refractivity contribution in [2.24, 2.45) is 0 Å². The highest BCUT2D eigenvalue weighted by Crippen LogP contribution is 2.14. The van der Waals surface area contributed by atoms with Crippen molar-refractivity contribution in [2.45, 2.75) is 6.92 Å². The van der Waals surface area contributed by atoms with Gasteiger partial charge in [0.05, 0.1) is 12.2 Å². The molecule has 0 saturated heterocycles. The van der Waals surface area contributed by atoms with E-state index >= 15 is 0 Å². The number of carbonyl (C=O) groups is 1. The summed E-state index contributed by atoms with van der Waals surface area (Å²) in [4.78, 5) is 11.5. The standard InChI is InChI=1S/C11H14N6O.ClH/c1-8-14-15-16-17(8)10-5-3-4-9(6-10)13-11(18)7-12-2;/h3-6,12H,7H2,1-2H3,(H,13,18);1H. The quantitative estimate of drug-likeness (QED) is 0.855. The van der Waals surface area contributed by atoms with Gasteiger partial charge in [-0.05, 0) is 42.6 Å². The van der Waals surface area contributed by atoms with Crippen molar-refractivity contribution in [3.05, 3.63) is 30.1 Å². The van der Waals surface area contributed by atoms with E-state index in [2.05, 4.69) is 26.2 Å². The van der Waals surface area contributed by atoms with Gasteiger partial charge >= 0.3 is 0 Å². The molecular weight excluding hydrogens is 268 g/mol. The van der Waals surface area contributed by atoms with E-state index in [1.165, 1.54) is 0 Å². The molecule has 0 unspecified atom stereocenters. The molecule has 1 heterocycles. The van der Waals surface area contributed by atoms with Gasteiger partial charge < -0.3 is 10.6 Å². The number of rotatable bonds is 4. The van der Waals surface area contributed by atoms with Gasteiger partial charge in [-0.3, -0.25) is 4.79 Å². The first-order valence-electron chi connectivity index (χ1n) is 5.50. The van der Waals surface area contributed by atoms with Crippen molar-refractivity contribution in [1.29, 1.82) is 0 Å². The molecule has 2 rings (SSSR count). The van der Waals surface area contributed by atoms with Gasteiger partial charge in [-0.1, -0.05) is 6.07 Å². The third-order valence-electron chi connectivity index (χ3n) is 2.34. The lowest BCUT2D eigenvalue weighted by molar-refractivity contribution is -0.115. The minimum atomic E-state index is -0.0944. The molecule has 1 aromatic carbocycles. The Morgan fingerprint density at radius 2 is 2.21 bits per heavy atom. The maximum absolute atomic E-state index is 11.5. The van der Waals surface area contributed by atoms with Crippen LogP contribution in [0.15, 0.2) is 24.3 Å². The number of likely N-dealkylation sites (N-methyl/N-ethyl adjacent to an activating group) is 1. The third kappa shape index (κ3) is 3.73. The molecule has 7 nitrogen and oxygen atoms in total. The topological polar surface area (TPSA) is 84.7 Å². The summed E-state index contributed by atoms with van der Waals surface area (Å²) in [5.74, 6) is 0.594. The summed E-state index contributed by atoms with van der Waals surface area (Å²) in [5.41, 5.74) is 1.52. The summed E-state index contributed by atoms with van der Waals surface area (Å²) in [6.07, 6.45) is 0. The van der Waals surface area contributed by atoms with Gasteiger partial charge in [-0.2, -0.15) is 4.68 Å². The van der Waals surface area contributed by atoms with Crippen LogP contribution in [0, 0.1) is 6.92 Å². The molecule has 1 amide bonds. The van der Waals surface area contributed by atoms with Crippen LogP contribution in [-0.4, -0.2) is 39.7 Å². The number of nitrogens with one attached hydrogen (secondary N) is 2. The normalized spacial score (nSPS) is 9.79. The first-order chi connectivity index (χ1) is 8.70. The van der Waals surface area contributed by atoms with Crippen LogP contribution in [0.2, 0.25) is 0 Å². The molecule has 0 spiro atoms. The van der Waals surface area contributed by atoms with E-state index in [1.807, 2.05) is 31.2 Å². The van der Waals surface area contributed by atoms with E-state index < -0.39 is 0 Å². The van der Waals surface area contributed by atoms with E-state index in [1.54, 1.807) is 11.7 Å². The molecular formula is C11H15ClN6O. The summed E-state index contributed by atoms with van der Waals surface area (Å²) in [5, 5.41) is 16.8. The lowest BCUT2D eigenvalue weighted by Gasteiger charge is -2.07. The lowest BCUT2D eigenvalue weighted by atomic mass is 10.2. The van der Waals surface area contributed by atoms with Crippen molar-refractivity contribution >= 4 is 24.0 Å². The smallest absolute Gasteiger partial charge is 0.238 e. The Bertz CT molecular complexity index is 556. The number of hydrogen-bond donors (Lipinski definition) is 2. The zero-order chi connectivity index (χ0) is 13.0. The number of aryl methyl sites for hydroxylation is 1. The summed E-state index contributed by atoms with van der Waals surface area (Å²) in [6.45, 7) is 2.08. The first kappa shape index (κ1) is 15.1. The Kier molecular flexibility index (Phi) is 5.40. The van der Waals surface area contributed by atoms with E-state index in [0.717, 1.165) is 5.69 Å². The fourth-order valence-electron chi connectivity index (χ4n) is 1.55. The largest absolute Gasteiger partial charge is 0.325 e. The molecule has 0 atom stereocenters. The van der Waals surface area contributed by atoms with Crippen LogP contribution in [0.3, 0.4) is 0 Å². The number of anilines is 1. The molecule has 0 saturated carbocycles. The summed E-state index contributed by atoms with van der Waals surface area (Å²) < 4.78 is 1.60. The number of amides is 1. The Morgan fingerprint density at radius 1 is 1.42 bits per heavy atom. The number of halogens is 1. The molecule has 2 N–H and O–H groups in total. The SMILES string of the molecule is CNCC(=O)Nc1cccc(-n2nnnc2C)c1.Cl. The highest BCUT2D eigenvalue weighted by molar-refractivity contribution is 5.92. The predicted molar refractivity (Wildman–Crippen MR) is 73.7 cm³/mol. The van der Waals surface area contributed by atoms with Gasteiger partial charge in [0.15, 0.2) is 5.82 Å². The van der Waals surface area contributed by atoms with Crippen molar-refractivity contribution in [3.8, 4) is 5.69 Å². The molecule has 19 heavy (non-hydrogen) atoms. The second-order valence-corrected chi connectivity index (χ2v) is 3.77. The van der Waals surface area contributed by atoms with Crippen LogP contribution in [-0.2, 0) is 4.79 Å². The molecule has 2 aromatic rings. The monoisotopic (exact) mass is 282 g/mol. The van der Waals surface area contributed by atoms with E-state index in [-0.39, 0.29) is 24.9 Å². The van der Waals surface area contributed by atoms with Crippen LogP contribution < -0.4 is 10.6 Å². The van der Waals surface area contributed by atoms with Gasteiger partial charge in [0.25, 0.3) is 0 Å². The van der Waals surface area contributed by atoms with E-state index in [0.29, 0.717) is 11.5 Å². The van der Waals surface area contributed by atoms with Gasteiger partial charge in [-0.25, -0.2) is 0 Å². The number of benzene rings is 1. The molecule has 1 aromatic heterocycles. The van der Waals surface area contributed by atoms with Crippen LogP contribution >= 0.6 is 12.4 Å². The summed E-state index contributed by atoms with van der Waals surface area (Å²) >= 11 is 0. The molecule has 0 bridgehead atoms. The molecule has 8 heteroatoms. The van der Waals surface area contributed by atoms with Crippen LogP contribution in [0.4, 0.5) is 5.69 Å². The van der Waals surface area contributed by atoms with Gasteiger partial charge in [-0.15, -0.1) is 17.5 Å². The summed E-state index contributed by atoms with van der Waals surface area (Å²) in [6, 6.07) is 7.34. The second-order valence-electron chi connectivity index (χ2n) is 3.77. The molecule has 0 radical (unpaired) electrons. The van der Waals surface area contributed by atoms with Crippen molar-refractivity contribution in [2.75, 3.05) is 18.9 Å². The molecule has 0 aliphatic rings. The van der Waals surface area contributed by atoms with Crippen LogP contribution in [0.5, 0.6) is 0 Å². The Hall–Kier alpha value is -1.99. The Morgan fingerprint density at radius 3 is 2.84 bits per heavy atom. The maximum atomic E-state index is 11.5. The van der Waals surface area contributed by atoms with Gasteiger partial charge in [0.1, 0.15) is 0 Å². The molecule has 0 aliphatic heterocycles. The number of nitrogens with zero attached hydrogens (tertiary/aromatic N) is 4. The van der Waals surface area contributed by atoms with Crippen LogP contribution in [0.25, 0.3) is 5.69 Å². The number of hydrogen-bond acceptors (Lipinski definition) is 5. The van der Waals surface area contributed by atoms with Gasteiger partial charge in [0.2, 0.25) is 5.91 Å². The fourth-order valence-corrected chi connectivity index (χ4v) is 1.55. The van der Waals surface area contributed by atoms with Crippen molar-refractivity contribution < 1.29 is 4.79 Å². The minimum absolute atomic E-state index is 0. The maximum Gasteiger partial charge on any atom is 0.238 e. The zero-order valence-corrected chi connectivity index (χ0v) is 11.4. The summed E-state index contributed by atoms with van der Waals surface area (Å²) in [7, 11) is 1.72. The minimum Gasteiger partial charge on any atom is -0.325 e. The average molecular weight is 283 g/mol. The zero-order valence-electron chi connectivity index (χ0n) is 10.6. The highest BCUT2D eigenvalue weighted by atomic mass is 35.5. The van der Waals surface area contributed by atoms with Crippen molar-refractivity contribution in [3.63, 3.8) is 0 Å². The number of carbonyl (C=O) groups excluding carboxylic acids is 1. The fraction of sp³-hybridized carbons (Fsp3) is 0.273. The Labute approximate surface area is 116 Å². The highest BCUT2D eigenvalue weighted by Gasteiger charge is 2.05. The lowest BCUT2D eigenvalue weighted by Crippen LogP contribution is -2.25. The van der Waals surface area contributed by atoms with E-state index in [9.17, 15) is 4.79 Å². The Balaban J connectivity index is 0.00000180.